The van der Waals surface area contributed by atoms with Gasteiger partial charge in [-0.05, 0) is 55.3 Å². The first kappa shape index (κ1) is 15.8. The SMILES string of the molecule is CCOc1ccc(/C=C2/C(=O)NN(c3ccccc3)C2=O)cc1C. The summed E-state index contributed by atoms with van der Waals surface area (Å²) in [6, 6.07) is 14.6. The fraction of sp³-hybridized carbons (Fsp3) is 0.158. The highest BCUT2D eigenvalue weighted by Crippen LogP contribution is 2.24. The lowest BCUT2D eigenvalue weighted by Crippen LogP contribution is -2.35. The van der Waals surface area contributed by atoms with E-state index in [9.17, 15) is 9.59 Å². The monoisotopic (exact) mass is 322 g/mol. The predicted octanol–water partition coefficient (Wildman–Crippen LogP) is 2.86. The molecule has 0 unspecified atom stereocenters. The van der Waals surface area contributed by atoms with Gasteiger partial charge in [0.15, 0.2) is 0 Å². The molecule has 0 saturated carbocycles. The van der Waals surface area contributed by atoms with Crippen molar-refractivity contribution >= 4 is 23.6 Å². The molecule has 0 spiro atoms. The summed E-state index contributed by atoms with van der Waals surface area (Å²) in [7, 11) is 0. The highest BCUT2D eigenvalue weighted by atomic mass is 16.5. The highest BCUT2D eigenvalue weighted by molar-refractivity contribution is 6.31. The molecule has 1 aliphatic heterocycles. The quantitative estimate of drug-likeness (QED) is 0.695. The topological polar surface area (TPSA) is 58.6 Å². The molecular weight excluding hydrogens is 304 g/mol. The van der Waals surface area contributed by atoms with Gasteiger partial charge in [0.05, 0.1) is 12.3 Å². The second-order valence-electron chi connectivity index (χ2n) is 5.43. The third-order valence-corrected chi connectivity index (χ3v) is 3.72. The summed E-state index contributed by atoms with van der Waals surface area (Å²) in [6.45, 7) is 4.45. The maximum absolute atomic E-state index is 12.5. The average molecular weight is 322 g/mol. The molecule has 5 heteroatoms. The largest absolute Gasteiger partial charge is 0.494 e. The number of nitrogens with zero attached hydrogens (tertiary/aromatic N) is 1. The molecule has 0 aromatic heterocycles. The Morgan fingerprint density at radius 1 is 1.12 bits per heavy atom. The van der Waals surface area contributed by atoms with Crippen LogP contribution in [0.5, 0.6) is 5.75 Å². The zero-order chi connectivity index (χ0) is 17.1. The summed E-state index contributed by atoms with van der Waals surface area (Å²) < 4.78 is 5.50. The molecule has 122 valence electrons. The van der Waals surface area contributed by atoms with E-state index in [-0.39, 0.29) is 11.5 Å². The first-order valence-corrected chi connectivity index (χ1v) is 7.76. The number of amides is 2. The molecule has 2 aromatic carbocycles. The van der Waals surface area contributed by atoms with Gasteiger partial charge in [-0.1, -0.05) is 24.3 Å². The number of ether oxygens (including phenoxy) is 1. The second kappa shape index (κ2) is 6.58. The molecule has 2 aromatic rings. The fourth-order valence-electron chi connectivity index (χ4n) is 2.56. The summed E-state index contributed by atoms with van der Waals surface area (Å²) in [6.07, 6.45) is 1.60. The number of aryl methyl sites for hydroxylation is 1. The van der Waals surface area contributed by atoms with E-state index in [0.29, 0.717) is 12.3 Å². The number of benzene rings is 2. The lowest BCUT2D eigenvalue weighted by Gasteiger charge is -2.13. The Hall–Kier alpha value is -3.08. The molecule has 1 heterocycles. The third kappa shape index (κ3) is 3.01. The van der Waals surface area contributed by atoms with Crippen molar-refractivity contribution in [2.24, 2.45) is 0 Å². The van der Waals surface area contributed by atoms with E-state index in [4.69, 9.17) is 4.74 Å². The Morgan fingerprint density at radius 2 is 1.88 bits per heavy atom. The van der Waals surface area contributed by atoms with Gasteiger partial charge in [-0.2, -0.15) is 0 Å². The van der Waals surface area contributed by atoms with Crippen molar-refractivity contribution in [2.75, 3.05) is 11.6 Å². The Balaban J connectivity index is 1.89. The van der Waals surface area contributed by atoms with Crippen LogP contribution in [0.2, 0.25) is 0 Å². The highest BCUT2D eigenvalue weighted by Gasteiger charge is 2.34. The molecule has 1 saturated heterocycles. The minimum Gasteiger partial charge on any atom is -0.494 e. The number of para-hydroxylation sites is 1. The third-order valence-electron chi connectivity index (χ3n) is 3.72. The van der Waals surface area contributed by atoms with E-state index in [1.54, 1.807) is 18.2 Å². The number of hydrogen-bond donors (Lipinski definition) is 1. The number of rotatable bonds is 4. The van der Waals surface area contributed by atoms with Crippen LogP contribution in [0.25, 0.3) is 6.08 Å². The van der Waals surface area contributed by atoms with E-state index in [1.165, 1.54) is 5.01 Å². The van der Waals surface area contributed by atoms with Crippen LogP contribution in [0.15, 0.2) is 54.1 Å². The molecule has 0 aliphatic carbocycles. The molecule has 5 nitrogen and oxygen atoms in total. The number of carbonyl (C=O) groups is 2. The van der Waals surface area contributed by atoms with Gasteiger partial charge in [0.2, 0.25) is 0 Å². The Bertz CT molecular complexity index is 813. The molecule has 1 aliphatic rings. The molecule has 0 radical (unpaired) electrons. The van der Waals surface area contributed by atoms with Gasteiger partial charge in [-0.3, -0.25) is 15.0 Å². The number of carbonyl (C=O) groups excluding carboxylic acids is 2. The zero-order valence-electron chi connectivity index (χ0n) is 13.6. The van der Waals surface area contributed by atoms with Crippen molar-refractivity contribution in [1.82, 2.24) is 5.43 Å². The lowest BCUT2D eigenvalue weighted by molar-refractivity contribution is -0.117. The number of hydrogen-bond acceptors (Lipinski definition) is 3. The molecule has 0 bridgehead atoms. The van der Waals surface area contributed by atoms with Gasteiger partial charge in [-0.25, -0.2) is 5.01 Å². The smallest absolute Gasteiger partial charge is 0.282 e. The van der Waals surface area contributed by atoms with E-state index < -0.39 is 5.91 Å². The van der Waals surface area contributed by atoms with Crippen LogP contribution in [-0.2, 0) is 9.59 Å². The standard InChI is InChI=1S/C19H18N2O3/c1-3-24-17-10-9-14(11-13(17)2)12-16-18(22)20-21(19(16)23)15-7-5-4-6-8-15/h4-12H,3H2,1-2H3,(H,20,22)/b16-12-. The maximum Gasteiger partial charge on any atom is 0.282 e. The second-order valence-corrected chi connectivity index (χ2v) is 5.43. The fourth-order valence-corrected chi connectivity index (χ4v) is 2.56. The van der Waals surface area contributed by atoms with E-state index in [1.807, 2.05) is 50.2 Å². The van der Waals surface area contributed by atoms with Crippen molar-refractivity contribution in [2.45, 2.75) is 13.8 Å². The minimum absolute atomic E-state index is 0.113. The van der Waals surface area contributed by atoms with Crippen molar-refractivity contribution < 1.29 is 14.3 Å². The Labute approximate surface area is 140 Å². The maximum atomic E-state index is 12.5. The van der Waals surface area contributed by atoms with Crippen molar-refractivity contribution in [3.8, 4) is 5.75 Å². The summed E-state index contributed by atoms with van der Waals surface area (Å²) in [5.41, 5.74) is 5.07. The molecule has 2 amide bonds. The van der Waals surface area contributed by atoms with Gasteiger partial charge >= 0.3 is 0 Å². The number of anilines is 1. The first-order chi connectivity index (χ1) is 11.6. The molecule has 24 heavy (non-hydrogen) atoms. The van der Waals surface area contributed by atoms with E-state index in [2.05, 4.69) is 5.43 Å². The molecule has 1 N–H and O–H groups in total. The summed E-state index contributed by atoms with van der Waals surface area (Å²) in [4.78, 5) is 24.7. The molecule has 0 atom stereocenters. The van der Waals surface area contributed by atoms with Gasteiger partial charge in [-0.15, -0.1) is 0 Å². The van der Waals surface area contributed by atoms with Crippen molar-refractivity contribution in [3.63, 3.8) is 0 Å². The van der Waals surface area contributed by atoms with Gasteiger partial charge in [0.25, 0.3) is 11.8 Å². The summed E-state index contributed by atoms with van der Waals surface area (Å²) in [5, 5.41) is 1.26. The van der Waals surface area contributed by atoms with Crippen LogP contribution in [0.1, 0.15) is 18.1 Å². The van der Waals surface area contributed by atoms with E-state index >= 15 is 0 Å². The van der Waals surface area contributed by atoms with Crippen LogP contribution in [0.4, 0.5) is 5.69 Å². The number of nitrogens with one attached hydrogen (secondary N) is 1. The average Bonchev–Trinajstić information content (AvgIpc) is 2.86. The summed E-state index contributed by atoms with van der Waals surface area (Å²) >= 11 is 0. The van der Waals surface area contributed by atoms with E-state index in [0.717, 1.165) is 16.9 Å². The van der Waals surface area contributed by atoms with Crippen LogP contribution >= 0.6 is 0 Å². The Morgan fingerprint density at radius 3 is 2.54 bits per heavy atom. The molecule has 1 fully saturated rings. The van der Waals surface area contributed by atoms with Crippen molar-refractivity contribution in [1.29, 1.82) is 0 Å². The van der Waals surface area contributed by atoms with Crippen LogP contribution in [-0.4, -0.2) is 18.4 Å². The van der Waals surface area contributed by atoms with Crippen LogP contribution < -0.4 is 15.2 Å². The van der Waals surface area contributed by atoms with Gasteiger partial charge in [0.1, 0.15) is 11.3 Å². The normalized spacial score (nSPS) is 15.8. The number of hydrazine groups is 1. The first-order valence-electron chi connectivity index (χ1n) is 7.76. The molecular formula is C19H18N2O3. The van der Waals surface area contributed by atoms with Crippen molar-refractivity contribution in [3.05, 3.63) is 65.2 Å². The van der Waals surface area contributed by atoms with Gasteiger partial charge < -0.3 is 4.74 Å². The lowest BCUT2D eigenvalue weighted by atomic mass is 10.1. The van der Waals surface area contributed by atoms with Crippen LogP contribution in [0, 0.1) is 6.92 Å². The molecule has 3 rings (SSSR count). The summed E-state index contributed by atoms with van der Waals surface area (Å²) in [5.74, 6) is 0.0286. The Kier molecular flexibility index (Phi) is 4.33. The predicted molar refractivity (Wildman–Crippen MR) is 92.4 cm³/mol. The zero-order valence-corrected chi connectivity index (χ0v) is 13.6. The minimum atomic E-state index is -0.407. The van der Waals surface area contributed by atoms with Crippen LogP contribution in [0.3, 0.4) is 0 Å². The van der Waals surface area contributed by atoms with Gasteiger partial charge in [0, 0.05) is 0 Å².